The Morgan fingerprint density at radius 3 is 2.81 bits per heavy atom. The average molecular weight is 222 g/mol. The zero-order chi connectivity index (χ0) is 11.7. The van der Waals surface area contributed by atoms with Gasteiger partial charge in [-0.25, -0.2) is 4.98 Å². The van der Waals surface area contributed by atoms with E-state index in [1.54, 1.807) is 11.1 Å². The largest absolute Gasteiger partial charge is 0.344 e. The van der Waals surface area contributed by atoms with Gasteiger partial charge in [0.1, 0.15) is 5.82 Å². The van der Waals surface area contributed by atoms with E-state index in [2.05, 4.69) is 10.3 Å². The highest BCUT2D eigenvalue weighted by atomic mass is 16.2. The number of aromatic nitrogens is 2. The molecule has 88 valence electrons. The Morgan fingerprint density at radius 2 is 2.31 bits per heavy atom. The standard InChI is InChI=1S/C11H18N4O/c1-8(10-12-5-7-14(10)2)13-9-4-6-15(3)11(9)16/h5,7-9,13H,4,6H2,1-3H3. The molecule has 1 N–H and O–H groups in total. The number of aryl methyl sites for hydroxylation is 1. The van der Waals surface area contributed by atoms with Crippen molar-refractivity contribution in [2.45, 2.75) is 25.4 Å². The number of amides is 1. The number of hydrogen-bond donors (Lipinski definition) is 1. The molecule has 2 unspecified atom stereocenters. The van der Waals surface area contributed by atoms with E-state index >= 15 is 0 Å². The van der Waals surface area contributed by atoms with Gasteiger partial charge in [-0.2, -0.15) is 0 Å². The van der Waals surface area contributed by atoms with Crippen molar-refractivity contribution >= 4 is 5.91 Å². The second kappa shape index (κ2) is 4.25. The summed E-state index contributed by atoms with van der Waals surface area (Å²) >= 11 is 0. The Hall–Kier alpha value is -1.36. The maximum absolute atomic E-state index is 11.7. The molecule has 1 aromatic rings. The van der Waals surface area contributed by atoms with Gasteiger partial charge in [0.25, 0.3) is 0 Å². The van der Waals surface area contributed by atoms with Crippen LogP contribution in [0.15, 0.2) is 12.4 Å². The highest BCUT2D eigenvalue weighted by Crippen LogP contribution is 2.15. The highest BCUT2D eigenvalue weighted by molar-refractivity contribution is 5.83. The highest BCUT2D eigenvalue weighted by Gasteiger charge is 2.30. The van der Waals surface area contributed by atoms with Crippen LogP contribution in [-0.2, 0) is 11.8 Å². The van der Waals surface area contributed by atoms with Gasteiger partial charge >= 0.3 is 0 Å². The summed E-state index contributed by atoms with van der Waals surface area (Å²) in [5.41, 5.74) is 0. The van der Waals surface area contributed by atoms with Gasteiger partial charge in [0.05, 0.1) is 12.1 Å². The fraction of sp³-hybridized carbons (Fsp3) is 0.636. The Bertz CT molecular complexity index is 387. The van der Waals surface area contributed by atoms with Crippen molar-refractivity contribution < 1.29 is 4.79 Å². The number of likely N-dealkylation sites (N-methyl/N-ethyl adjacent to an activating group) is 1. The summed E-state index contributed by atoms with van der Waals surface area (Å²) in [5, 5.41) is 3.33. The number of likely N-dealkylation sites (tertiary alicyclic amines) is 1. The first-order valence-electron chi connectivity index (χ1n) is 5.58. The van der Waals surface area contributed by atoms with E-state index in [1.165, 1.54) is 0 Å². The van der Waals surface area contributed by atoms with Crippen molar-refractivity contribution in [1.82, 2.24) is 19.8 Å². The second-order valence-corrected chi connectivity index (χ2v) is 4.39. The van der Waals surface area contributed by atoms with Crippen LogP contribution in [0.3, 0.4) is 0 Å². The van der Waals surface area contributed by atoms with Crippen molar-refractivity contribution in [3.05, 3.63) is 18.2 Å². The first-order chi connectivity index (χ1) is 7.59. The van der Waals surface area contributed by atoms with E-state index < -0.39 is 0 Å². The lowest BCUT2D eigenvalue weighted by Gasteiger charge is -2.18. The van der Waals surface area contributed by atoms with E-state index in [0.717, 1.165) is 18.8 Å². The summed E-state index contributed by atoms with van der Waals surface area (Å²) in [6.45, 7) is 2.87. The topological polar surface area (TPSA) is 50.2 Å². The predicted molar refractivity (Wildman–Crippen MR) is 60.8 cm³/mol. The van der Waals surface area contributed by atoms with Crippen molar-refractivity contribution in [1.29, 1.82) is 0 Å². The Labute approximate surface area is 95.5 Å². The molecule has 1 aliphatic heterocycles. The van der Waals surface area contributed by atoms with Gasteiger partial charge < -0.3 is 9.47 Å². The van der Waals surface area contributed by atoms with Crippen LogP contribution in [0.1, 0.15) is 25.2 Å². The van der Waals surface area contributed by atoms with Crippen molar-refractivity contribution in [2.75, 3.05) is 13.6 Å². The molecule has 0 spiro atoms. The number of nitrogens with one attached hydrogen (secondary N) is 1. The monoisotopic (exact) mass is 222 g/mol. The van der Waals surface area contributed by atoms with Crippen molar-refractivity contribution in [3.63, 3.8) is 0 Å². The molecule has 5 heteroatoms. The van der Waals surface area contributed by atoms with Crippen LogP contribution < -0.4 is 5.32 Å². The van der Waals surface area contributed by atoms with Gasteiger partial charge in [0.15, 0.2) is 0 Å². The molecule has 0 radical (unpaired) electrons. The lowest BCUT2D eigenvalue weighted by molar-refractivity contribution is -0.128. The van der Waals surface area contributed by atoms with Gasteiger partial charge in [-0.1, -0.05) is 0 Å². The van der Waals surface area contributed by atoms with Crippen LogP contribution in [0, 0.1) is 0 Å². The molecule has 1 saturated heterocycles. The molecule has 5 nitrogen and oxygen atoms in total. The third-order valence-electron chi connectivity index (χ3n) is 3.12. The number of imidazole rings is 1. The summed E-state index contributed by atoms with van der Waals surface area (Å²) in [5.74, 6) is 1.14. The molecule has 16 heavy (non-hydrogen) atoms. The normalized spacial score (nSPS) is 22.8. The fourth-order valence-corrected chi connectivity index (χ4v) is 2.15. The lowest BCUT2D eigenvalue weighted by atomic mass is 10.2. The molecule has 0 bridgehead atoms. The summed E-state index contributed by atoms with van der Waals surface area (Å²) in [6, 6.07) is 0.0390. The van der Waals surface area contributed by atoms with E-state index in [9.17, 15) is 4.79 Å². The smallest absolute Gasteiger partial charge is 0.239 e. The Morgan fingerprint density at radius 1 is 1.56 bits per heavy atom. The number of nitrogens with zero attached hydrogens (tertiary/aromatic N) is 3. The first-order valence-corrected chi connectivity index (χ1v) is 5.58. The van der Waals surface area contributed by atoms with Crippen LogP contribution in [0.4, 0.5) is 0 Å². The molecule has 2 heterocycles. The Balaban J connectivity index is 2.01. The second-order valence-electron chi connectivity index (χ2n) is 4.39. The van der Waals surface area contributed by atoms with Gasteiger partial charge in [0.2, 0.25) is 5.91 Å². The van der Waals surface area contributed by atoms with E-state index in [4.69, 9.17) is 0 Å². The molecule has 2 rings (SSSR count). The fourth-order valence-electron chi connectivity index (χ4n) is 2.15. The molecular weight excluding hydrogens is 204 g/mol. The minimum atomic E-state index is -0.0586. The van der Waals surface area contributed by atoms with Gasteiger partial charge in [-0.15, -0.1) is 0 Å². The minimum Gasteiger partial charge on any atom is -0.344 e. The van der Waals surface area contributed by atoms with Crippen molar-refractivity contribution in [2.24, 2.45) is 7.05 Å². The Kier molecular flexibility index (Phi) is 2.96. The molecule has 1 fully saturated rings. The van der Waals surface area contributed by atoms with E-state index in [1.807, 2.05) is 31.8 Å². The molecule has 1 aromatic heterocycles. The van der Waals surface area contributed by atoms with Gasteiger partial charge in [-0.05, 0) is 13.3 Å². The zero-order valence-corrected chi connectivity index (χ0v) is 9.97. The maximum atomic E-state index is 11.7. The molecule has 2 atom stereocenters. The lowest BCUT2D eigenvalue weighted by Crippen LogP contribution is -2.38. The van der Waals surface area contributed by atoms with Crippen LogP contribution >= 0.6 is 0 Å². The number of rotatable bonds is 3. The number of carbonyl (C=O) groups excluding carboxylic acids is 1. The number of hydrogen-bond acceptors (Lipinski definition) is 3. The summed E-state index contributed by atoms with van der Waals surface area (Å²) < 4.78 is 1.97. The summed E-state index contributed by atoms with van der Waals surface area (Å²) in [7, 11) is 3.80. The predicted octanol–water partition coefficient (Wildman–Crippen LogP) is 0.301. The molecule has 0 aliphatic carbocycles. The van der Waals surface area contributed by atoms with E-state index in [0.29, 0.717) is 0 Å². The van der Waals surface area contributed by atoms with Crippen LogP contribution in [0.25, 0.3) is 0 Å². The van der Waals surface area contributed by atoms with Gasteiger partial charge in [-0.3, -0.25) is 10.1 Å². The molecule has 0 aromatic carbocycles. The number of carbonyl (C=O) groups is 1. The van der Waals surface area contributed by atoms with Crippen molar-refractivity contribution in [3.8, 4) is 0 Å². The molecule has 1 amide bonds. The van der Waals surface area contributed by atoms with Crippen LogP contribution in [0.5, 0.6) is 0 Å². The molecule has 0 saturated carbocycles. The third kappa shape index (κ3) is 1.95. The first kappa shape index (κ1) is 11.1. The molecular formula is C11H18N4O. The summed E-state index contributed by atoms with van der Waals surface area (Å²) in [4.78, 5) is 17.8. The van der Waals surface area contributed by atoms with E-state index in [-0.39, 0.29) is 18.0 Å². The third-order valence-corrected chi connectivity index (χ3v) is 3.12. The maximum Gasteiger partial charge on any atom is 0.239 e. The summed E-state index contributed by atoms with van der Waals surface area (Å²) in [6.07, 6.45) is 4.57. The molecule has 1 aliphatic rings. The van der Waals surface area contributed by atoms with Crippen LogP contribution in [-0.4, -0.2) is 40.0 Å². The average Bonchev–Trinajstić information content (AvgIpc) is 2.79. The van der Waals surface area contributed by atoms with Gasteiger partial charge in [0, 0.05) is 33.0 Å². The SMILES string of the molecule is CC(NC1CCN(C)C1=O)c1nccn1C. The minimum absolute atomic E-state index is 0.0586. The quantitative estimate of drug-likeness (QED) is 0.800. The van der Waals surface area contributed by atoms with Crippen LogP contribution in [0.2, 0.25) is 0 Å². The zero-order valence-electron chi connectivity index (χ0n) is 9.97.